The molecule has 23 heavy (non-hydrogen) atoms. The van der Waals surface area contributed by atoms with Crippen LogP contribution in [-0.4, -0.2) is 36.0 Å². The summed E-state index contributed by atoms with van der Waals surface area (Å²) in [7, 11) is 1.47. The fourth-order valence-electron chi connectivity index (χ4n) is 1.81. The molecule has 1 rings (SSSR count). The molecule has 0 aliphatic rings. The number of hydrogen-bond donors (Lipinski definition) is 2. The first kappa shape index (κ1) is 18.9. The van der Waals surface area contributed by atoms with Gasteiger partial charge in [-0.25, -0.2) is 13.6 Å². The summed E-state index contributed by atoms with van der Waals surface area (Å²) in [5.74, 6) is -1.67. The third-order valence-electron chi connectivity index (χ3n) is 3.50. The van der Waals surface area contributed by atoms with Crippen molar-refractivity contribution in [2.75, 3.05) is 7.05 Å². The highest BCUT2D eigenvalue weighted by atomic mass is 19.1. The molecule has 0 saturated carbocycles. The van der Waals surface area contributed by atoms with E-state index in [1.807, 2.05) is 13.8 Å². The molecule has 128 valence electrons. The van der Waals surface area contributed by atoms with Crippen LogP contribution in [0.5, 0.6) is 0 Å². The van der Waals surface area contributed by atoms with Crippen LogP contribution in [0.2, 0.25) is 0 Å². The molecule has 0 unspecified atom stereocenters. The molecule has 3 amide bonds. The topological polar surface area (TPSA) is 61.4 Å². The average molecular weight is 327 g/mol. The van der Waals surface area contributed by atoms with Gasteiger partial charge in [-0.15, -0.1) is 0 Å². The van der Waals surface area contributed by atoms with E-state index in [1.165, 1.54) is 18.0 Å². The van der Waals surface area contributed by atoms with E-state index in [2.05, 4.69) is 10.6 Å². The van der Waals surface area contributed by atoms with Crippen LogP contribution in [0.25, 0.3) is 0 Å². The van der Waals surface area contributed by atoms with Crippen LogP contribution in [0.3, 0.4) is 0 Å². The van der Waals surface area contributed by atoms with Gasteiger partial charge in [0.1, 0.15) is 17.7 Å². The maximum atomic E-state index is 13.6. The summed E-state index contributed by atoms with van der Waals surface area (Å²) in [6, 6.07) is 1.98. The van der Waals surface area contributed by atoms with Gasteiger partial charge in [0.25, 0.3) is 0 Å². The molecule has 0 saturated heterocycles. The SMILES string of the molecule is CC[C@@H](C)NC(=O)[C@H](C)NC(=O)N(C)Cc1ccc(F)cc1F. The molecule has 5 nitrogen and oxygen atoms in total. The van der Waals surface area contributed by atoms with Gasteiger partial charge in [-0.2, -0.15) is 0 Å². The molecular weight excluding hydrogens is 304 g/mol. The summed E-state index contributed by atoms with van der Waals surface area (Å²) in [5, 5.41) is 5.30. The second kappa shape index (κ2) is 8.45. The number of amides is 3. The van der Waals surface area contributed by atoms with E-state index in [0.29, 0.717) is 0 Å². The van der Waals surface area contributed by atoms with Crippen molar-refractivity contribution in [2.45, 2.75) is 45.8 Å². The lowest BCUT2D eigenvalue weighted by Gasteiger charge is -2.22. The maximum Gasteiger partial charge on any atom is 0.318 e. The number of hydrogen-bond acceptors (Lipinski definition) is 2. The molecule has 1 aromatic rings. The van der Waals surface area contributed by atoms with Crippen LogP contribution in [-0.2, 0) is 11.3 Å². The molecule has 0 spiro atoms. The zero-order valence-electron chi connectivity index (χ0n) is 13.8. The van der Waals surface area contributed by atoms with Gasteiger partial charge in [0.15, 0.2) is 0 Å². The summed E-state index contributed by atoms with van der Waals surface area (Å²) < 4.78 is 26.4. The number of nitrogens with zero attached hydrogens (tertiary/aromatic N) is 1. The average Bonchev–Trinajstić information content (AvgIpc) is 2.49. The van der Waals surface area contributed by atoms with Crippen LogP contribution >= 0.6 is 0 Å². The van der Waals surface area contributed by atoms with Gasteiger partial charge in [0, 0.05) is 31.3 Å². The molecule has 0 fully saturated rings. The van der Waals surface area contributed by atoms with Gasteiger partial charge in [0.05, 0.1) is 0 Å². The molecule has 0 bridgehead atoms. The fraction of sp³-hybridized carbons (Fsp3) is 0.500. The Morgan fingerprint density at radius 3 is 2.43 bits per heavy atom. The summed E-state index contributed by atoms with van der Waals surface area (Å²) in [6.45, 7) is 5.36. The fourth-order valence-corrected chi connectivity index (χ4v) is 1.81. The van der Waals surface area contributed by atoms with Crippen molar-refractivity contribution >= 4 is 11.9 Å². The summed E-state index contributed by atoms with van der Waals surface area (Å²) in [6.07, 6.45) is 0.788. The van der Waals surface area contributed by atoms with Gasteiger partial charge in [-0.3, -0.25) is 4.79 Å². The van der Waals surface area contributed by atoms with Crippen molar-refractivity contribution in [3.8, 4) is 0 Å². The zero-order chi connectivity index (χ0) is 17.6. The lowest BCUT2D eigenvalue weighted by molar-refractivity contribution is -0.123. The molecule has 7 heteroatoms. The molecule has 0 heterocycles. The Morgan fingerprint density at radius 2 is 1.87 bits per heavy atom. The van der Waals surface area contributed by atoms with Crippen molar-refractivity contribution < 1.29 is 18.4 Å². The van der Waals surface area contributed by atoms with Gasteiger partial charge >= 0.3 is 6.03 Å². The predicted octanol–water partition coefficient (Wildman–Crippen LogP) is 2.41. The largest absolute Gasteiger partial charge is 0.352 e. The maximum absolute atomic E-state index is 13.6. The third-order valence-corrected chi connectivity index (χ3v) is 3.50. The van der Waals surface area contributed by atoms with Gasteiger partial charge in [-0.05, 0) is 26.3 Å². The Balaban J connectivity index is 2.58. The van der Waals surface area contributed by atoms with Crippen LogP contribution < -0.4 is 10.6 Å². The van der Waals surface area contributed by atoms with Gasteiger partial charge < -0.3 is 15.5 Å². The Hall–Kier alpha value is -2.18. The number of halogens is 2. The summed E-state index contributed by atoms with van der Waals surface area (Å²) in [5.41, 5.74) is 0.195. The van der Waals surface area contributed by atoms with E-state index >= 15 is 0 Å². The molecule has 0 radical (unpaired) electrons. The van der Waals surface area contributed by atoms with Crippen LogP contribution in [0.4, 0.5) is 13.6 Å². The highest BCUT2D eigenvalue weighted by Gasteiger charge is 2.19. The number of nitrogens with one attached hydrogen (secondary N) is 2. The molecule has 0 aliphatic carbocycles. The first-order chi connectivity index (χ1) is 10.7. The van der Waals surface area contributed by atoms with Gasteiger partial charge in [0.2, 0.25) is 5.91 Å². The number of carbonyl (C=O) groups excluding carboxylic acids is 2. The zero-order valence-corrected chi connectivity index (χ0v) is 13.8. The third kappa shape index (κ3) is 5.84. The van der Waals surface area contributed by atoms with E-state index < -0.39 is 23.7 Å². The number of urea groups is 1. The minimum absolute atomic E-state index is 0.0212. The first-order valence-electron chi connectivity index (χ1n) is 7.50. The van der Waals surface area contributed by atoms with Crippen molar-refractivity contribution in [3.63, 3.8) is 0 Å². The Kier molecular flexibility index (Phi) is 6.93. The molecule has 1 aromatic carbocycles. The predicted molar refractivity (Wildman–Crippen MR) is 83.7 cm³/mol. The molecule has 0 aliphatic heterocycles. The lowest BCUT2D eigenvalue weighted by Crippen LogP contribution is -2.50. The molecular formula is C16H23F2N3O2. The second-order valence-corrected chi connectivity index (χ2v) is 5.58. The number of rotatable bonds is 6. The van der Waals surface area contributed by atoms with Crippen LogP contribution in [0, 0.1) is 11.6 Å². The Morgan fingerprint density at radius 1 is 1.22 bits per heavy atom. The minimum atomic E-state index is -0.716. The van der Waals surface area contributed by atoms with Crippen molar-refractivity contribution in [3.05, 3.63) is 35.4 Å². The van der Waals surface area contributed by atoms with Gasteiger partial charge in [-0.1, -0.05) is 13.0 Å². The van der Waals surface area contributed by atoms with E-state index in [4.69, 9.17) is 0 Å². The van der Waals surface area contributed by atoms with Crippen molar-refractivity contribution in [2.24, 2.45) is 0 Å². The number of carbonyl (C=O) groups is 2. The Bertz CT molecular complexity index is 566. The van der Waals surface area contributed by atoms with E-state index in [-0.39, 0.29) is 24.1 Å². The second-order valence-electron chi connectivity index (χ2n) is 5.58. The first-order valence-corrected chi connectivity index (χ1v) is 7.50. The Labute approximate surface area is 135 Å². The minimum Gasteiger partial charge on any atom is -0.352 e. The highest BCUT2D eigenvalue weighted by molar-refractivity contribution is 5.86. The quantitative estimate of drug-likeness (QED) is 0.843. The summed E-state index contributed by atoms with van der Waals surface area (Å²) in [4.78, 5) is 25.1. The normalized spacial score (nSPS) is 13.1. The highest BCUT2D eigenvalue weighted by Crippen LogP contribution is 2.11. The smallest absolute Gasteiger partial charge is 0.318 e. The monoisotopic (exact) mass is 327 g/mol. The van der Waals surface area contributed by atoms with E-state index in [0.717, 1.165) is 18.6 Å². The summed E-state index contributed by atoms with van der Waals surface area (Å²) >= 11 is 0. The molecule has 2 atom stereocenters. The van der Waals surface area contributed by atoms with Crippen LogP contribution in [0.15, 0.2) is 18.2 Å². The number of benzene rings is 1. The standard InChI is InChI=1S/C16H23F2N3O2/c1-5-10(2)19-15(22)11(3)20-16(23)21(4)9-12-6-7-13(17)8-14(12)18/h6-8,10-11H,5,9H2,1-4H3,(H,19,22)(H,20,23)/t10-,11+/m1/s1. The molecule has 0 aromatic heterocycles. The van der Waals surface area contributed by atoms with Crippen molar-refractivity contribution in [1.82, 2.24) is 15.5 Å². The van der Waals surface area contributed by atoms with Crippen LogP contribution in [0.1, 0.15) is 32.8 Å². The molecule has 2 N–H and O–H groups in total. The van der Waals surface area contributed by atoms with Crippen molar-refractivity contribution in [1.29, 1.82) is 0 Å². The van der Waals surface area contributed by atoms with E-state index in [1.54, 1.807) is 6.92 Å². The lowest BCUT2D eigenvalue weighted by atomic mass is 10.2. The van der Waals surface area contributed by atoms with E-state index in [9.17, 15) is 18.4 Å².